The number of esters is 1. The van der Waals surface area contributed by atoms with E-state index in [0.717, 1.165) is 38.5 Å². The summed E-state index contributed by atoms with van der Waals surface area (Å²) in [6, 6.07) is 6.11. The van der Waals surface area contributed by atoms with Crippen molar-refractivity contribution in [2.24, 2.45) is 0 Å². The Balaban J connectivity index is 2.16. The highest BCUT2D eigenvalue weighted by molar-refractivity contribution is 5.94. The molecule has 0 radical (unpaired) electrons. The third-order valence-corrected chi connectivity index (χ3v) is 4.74. The minimum absolute atomic E-state index is 0.0573. The summed E-state index contributed by atoms with van der Waals surface area (Å²) >= 11 is 0. The lowest BCUT2D eigenvalue weighted by Crippen LogP contribution is -2.42. The van der Waals surface area contributed by atoms with Gasteiger partial charge in [0.05, 0.1) is 18.6 Å². The molecule has 1 aromatic carbocycles. The van der Waals surface area contributed by atoms with E-state index in [0.29, 0.717) is 6.61 Å². The van der Waals surface area contributed by atoms with Crippen molar-refractivity contribution in [3.63, 3.8) is 0 Å². The maximum Gasteiger partial charge on any atom is 0.307 e. The Morgan fingerprint density at radius 3 is 2.40 bits per heavy atom. The summed E-state index contributed by atoms with van der Waals surface area (Å²) < 4.78 is 19.1. The number of hydrogen-bond acceptors (Lipinski definition) is 3. The van der Waals surface area contributed by atoms with Crippen LogP contribution in [0, 0.1) is 5.82 Å². The van der Waals surface area contributed by atoms with E-state index in [1.54, 1.807) is 24.0 Å². The molecular weight excluding hydrogens is 321 g/mol. The second-order valence-corrected chi connectivity index (χ2v) is 6.53. The highest BCUT2D eigenvalue weighted by Crippen LogP contribution is 2.24. The molecule has 25 heavy (non-hydrogen) atoms. The summed E-state index contributed by atoms with van der Waals surface area (Å²) in [6.45, 7) is 2.36. The van der Waals surface area contributed by atoms with Crippen molar-refractivity contribution < 1.29 is 18.7 Å². The quantitative estimate of drug-likeness (QED) is 0.718. The van der Waals surface area contributed by atoms with Crippen LogP contribution in [0.5, 0.6) is 0 Å². The van der Waals surface area contributed by atoms with E-state index >= 15 is 0 Å². The Labute approximate surface area is 149 Å². The fourth-order valence-electron chi connectivity index (χ4n) is 3.43. The van der Waals surface area contributed by atoms with Crippen molar-refractivity contribution in [3.8, 4) is 0 Å². The topological polar surface area (TPSA) is 46.6 Å². The monoisotopic (exact) mass is 349 g/mol. The molecule has 0 unspecified atom stereocenters. The van der Waals surface area contributed by atoms with Crippen molar-refractivity contribution in [1.29, 1.82) is 0 Å². The third kappa shape index (κ3) is 5.83. The first-order chi connectivity index (χ1) is 12.1. The molecule has 1 aliphatic rings. The fourth-order valence-corrected chi connectivity index (χ4v) is 3.43. The number of carbonyl (C=O) groups is 2. The first-order valence-corrected chi connectivity index (χ1v) is 9.34. The maximum atomic E-state index is 14.1. The van der Waals surface area contributed by atoms with Crippen LogP contribution in [-0.2, 0) is 9.53 Å². The molecule has 1 saturated carbocycles. The zero-order valence-corrected chi connectivity index (χ0v) is 15.0. The van der Waals surface area contributed by atoms with Crippen LogP contribution < -0.4 is 0 Å². The zero-order valence-electron chi connectivity index (χ0n) is 15.0. The van der Waals surface area contributed by atoms with Crippen LogP contribution in [0.3, 0.4) is 0 Å². The number of halogens is 1. The van der Waals surface area contributed by atoms with Crippen molar-refractivity contribution in [1.82, 2.24) is 4.90 Å². The van der Waals surface area contributed by atoms with Gasteiger partial charge in [0, 0.05) is 12.6 Å². The van der Waals surface area contributed by atoms with E-state index in [4.69, 9.17) is 4.74 Å². The van der Waals surface area contributed by atoms with E-state index in [-0.39, 0.29) is 36.4 Å². The maximum absolute atomic E-state index is 14.1. The Morgan fingerprint density at radius 2 is 1.76 bits per heavy atom. The van der Waals surface area contributed by atoms with E-state index in [2.05, 4.69) is 0 Å². The number of benzene rings is 1. The smallest absolute Gasteiger partial charge is 0.307 e. The molecule has 1 aromatic rings. The van der Waals surface area contributed by atoms with Crippen LogP contribution in [0.25, 0.3) is 0 Å². The SMILES string of the molecule is CCOC(=O)CCN(C(=O)c1ccccc1F)C1CCCCCCC1. The minimum atomic E-state index is -0.514. The number of nitrogens with zero attached hydrogens (tertiary/aromatic N) is 1. The molecule has 1 amide bonds. The average Bonchev–Trinajstić information content (AvgIpc) is 2.56. The molecule has 0 saturated heterocycles. The molecule has 5 heteroatoms. The Bertz CT molecular complexity index is 568. The summed E-state index contributed by atoms with van der Waals surface area (Å²) in [5.74, 6) is -1.16. The van der Waals surface area contributed by atoms with Crippen LogP contribution in [0.15, 0.2) is 24.3 Å². The Morgan fingerprint density at radius 1 is 1.12 bits per heavy atom. The van der Waals surface area contributed by atoms with Gasteiger partial charge in [0.25, 0.3) is 5.91 Å². The van der Waals surface area contributed by atoms with Gasteiger partial charge in [-0.25, -0.2) is 4.39 Å². The van der Waals surface area contributed by atoms with Crippen LogP contribution in [0.4, 0.5) is 4.39 Å². The zero-order chi connectivity index (χ0) is 18.1. The Kier molecular flexibility index (Phi) is 7.89. The van der Waals surface area contributed by atoms with E-state index in [9.17, 15) is 14.0 Å². The van der Waals surface area contributed by atoms with Crippen LogP contribution in [-0.4, -0.2) is 36.0 Å². The van der Waals surface area contributed by atoms with Gasteiger partial charge < -0.3 is 9.64 Å². The predicted octanol–water partition coefficient (Wildman–Crippen LogP) is 4.33. The van der Waals surface area contributed by atoms with Crippen molar-refractivity contribution in [2.75, 3.05) is 13.2 Å². The largest absolute Gasteiger partial charge is 0.466 e. The highest BCUT2D eigenvalue weighted by atomic mass is 19.1. The molecule has 0 bridgehead atoms. The molecule has 1 fully saturated rings. The normalized spacial score (nSPS) is 15.9. The molecule has 0 aromatic heterocycles. The minimum Gasteiger partial charge on any atom is -0.466 e. The lowest BCUT2D eigenvalue weighted by Gasteiger charge is -2.33. The van der Waals surface area contributed by atoms with Crippen LogP contribution in [0.1, 0.15) is 68.6 Å². The molecule has 0 aliphatic heterocycles. The molecule has 0 N–H and O–H groups in total. The second kappa shape index (κ2) is 10.2. The predicted molar refractivity (Wildman–Crippen MR) is 94.8 cm³/mol. The molecule has 0 spiro atoms. The van der Waals surface area contributed by atoms with Crippen molar-refractivity contribution in [2.45, 2.75) is 64.3 Å². The van der Waals surface area contributed by atoms with Crippen LogP contribution >= 0.6 is 0 Å². The van der Waals surface area contributed by atoms with Crippen molar-refractivity contribution >= 4 is 11.9 Å². The van der Waals surface area contributed by atoms with Gasteiger partial charge in [-0.15, -0.1) is 0 Å². The second-order valence-electron chi connectivity index (χ2n) is 6.53. The molecule has 0 heterocycles. The lowest BCUT2D eigenvalue weighted by atomic mass is 9.95. The lowest BCUT2D eigenvalue weighted by molar-refractivity contribution is -0.143. The van der Waals surface area contributed by atoms with Crippen molar-refractivity contribution in [3.05, 3.63) is 35.6 Å². The molecule has 138 valence electrons. The average molecular weight is 349 g/mol. The van der Waals surface area contributed by atoms with Gasteiger partial charge in [0.2, 0.25) is 0 Å². The summed E-state index contributed by atoms with van der Waals surface area (Å²) in [4.78, 5) is 26.4. The Hall–Kier alpha value is -1.91. The number of ether oxygens (including phenoxy) is 1. The fraction of sp³-hybridized carbons (Fsp3) is 0.600. The number of carbonyl (C=O) groups excluding carboxylic acids is 2. The number of hydrogen-bond donors (Lipinski definition) is 0. The van der Waals surface area contributed by atoms with Gasteiger partial charge in [-0.2, -0.15) is 0 Å². The molecule has 2 rings (SSSR count). The van der Waals surface area contributed by atoms with E-state index in [1.165, 1.54) is 18.6 Å². The third-order valence-electron chi connectivity index (χ3n) is 4.74. The summed E-state index contributed by atoms with van der Waals surface area (Å²) in [7, 11) is 0. The first-order valence-electron chi connectivity index (χ1n) is 9.34. The summed E-state index contributed by atoms with van der Waals surface area (Å²) in [5, 5.41) is 0. The molecule has 1 aliphatic carbocycles. The van der Waals surface area contributed by atoms with Gasteiger partial charge in [0.15, 0.2) is 0 Å². The van der Waals surface area contributed by atoms with Gasteiger partial charge in [-0.3, -0.25) is 9.59 Å². The molecule has 4 nitrogen and oxygen atoms in total. The molecular formula is C20H28FNO3. The summed E-state index contributed by atoms with van der Waals surface area (Å²) in [5.41, 5.74) is 0.0772. The van der Waals surface area contributed by atoms with E-state index < -0.39 is 5.82 Å². The first kappa shape index (κ1) is 19.4. The number of rotatable bonds is 6. The highest BCUT2D eigenvalue weighted by Gasteiger charge is 2.27. The van der Waals surface area contributed by atoms with Crippen LogP contribution in [0.2, 0.25) is 0 Å². The standard InChI is InChI=1S/C20H28FNO3/c1-2-25-19(23)14-15-22(16-10-6-4-3-5-7-11-16)20(24)17-12-8-9-13-18(17)21/h8-9,12-13,16H,2-7,10-11,14-15H2,1H3. The van der Waals surface area contributed by atoms with Gasteiger partial charge in [-0.05, 0) is 31.9 Å². The molecule has 0 atom stereocenters. The van der Waals surface area contributed by atoms with E-state index in [1.807, 2.05) is 0 Å². The van der Waals surface area contributed by atoms with Gasteiger partial charge >= 0.3 is 5.97 Å². The summed E-state index contributed by atoms with van der Waals surface area (Å²) in [6.07, 6.45) is 7.63. The van der Waals surface area contributed by atoms with Gasteiger partial charge in [-0.1, -0.05) is 44.2 Å². The number of amides is 1. The van der Waals surface area contributed by atoms with Gasteiger partial charge in [0.1, 0.15) is 5.82 Å².